The van der Waals surface area contributed by atoms with E-state index in [1.807, 2.05) is 0 Å². The van der Waals surface area contributed by atoms with E-state index in [1.165, 1.54) is 28.6 Å². The maximum Gasteiger partial charge on any atom is 0.0378 e. The summed E-state index contributed by atoms with van der Waals surface area (Å²) in [6.45, 7) is 10.1. The van der Waals surface area contributed by atoms with Crippen LogP contribution in [0.4, 0.5) is 5.69 Å². The number of halogens is 1. The number of aryl methyl sites for hydroxylation is 1. The molecule has 100 valence electrons. The summed E-state index contributed by atoms with van der Waals surface area (Å²) in [5.74, 6) is 0. The first-order valence-electron chi connectivity index (χ1n) is 6.74. The van der Waals surface area contributed by atoms with Gasteiger partial charge in [-0.3, -0.25) is 0 Å². The molecule has 0 spiro atoms. The molecule has 1 aromatic carbocycles. The van der Waals surface area contributed by atoms with E-state index in [4.69, 9.17) is 0 Å². The zero-order valence-corrected chi connectivity index (χ0v) is 13.2. The van der Waals surface area contributed by atoms with Crippen LogP contribution in [-0.4, -0.2) is 25.2 Å². The van der Waals surface area contributed by atoms with Crippen molar-refractivity contribution in [1.82, 2.24) is 5.32 Å². The molecule has 2 rings (SSSR count). The van der Waals surface area contributed by atoms with E-state index in [2.05, 4.69) is 65.1 Å². The van der Waals surface area contributed by atoms with E-state index >= 15 is 0 Å². The van der Waals surface area contributed by atoms with Crippen LogP contribution >= 0.6 is 15.9 Å². The Bertz CT molecular complexity index is 415. The van der Waals surface area contributed by atoms with Crippen LogP contribution in [0.5, 0.6) is 0 Å². The second-order valence-corrected chi connectivity index (χ2v) is 6.73. The lowest BCUT2D eigenvalue weighted by atomic mass is 10.0. The molecule has 1 saturated heterocycles. The molecule has 18 heavy (non-hydrogen) atoms. The number of anilines is 1. The van der Waals surface area contributed by atoms with Crippen LogP contribution in [-0.2, 0) is 0 Å². The predicted octanol–water partition coefficient (Wildman–Crippen LogP) is 3.73. The fourth-order valence-electron chi connectivity index (χ4n) is 2.47. The Hall–Kier alpha value is -0.540. The molecular formula is C15H23BrN2. The lowest BCUT2D eigenvalue weighted by Gasteiger charge is -2.37. The van der Waals surface area contributed by atoms with Crippen molar-refractivity contribution in [2.45, 2.75) is 39.2 Å². The van der Waals surface area contributed by atoms with Gasteiger partial charge in [-0.15, -0.1) is 0 Å². The van der Waals surface area contributed by atoms with Crippen molar-refractivity contribution in [3.05, 3.63) is 28.2 Å². The molecule has 1 aliphatic heterocycles. The molecular weight excluding hydrogens is 288 g/mol. The first kappa shape index (κ1) is 13.9. The zero-order chi connectivity index (χ0) is 13.2. The molecule has 1 aromatic rings. The Morgan fingerprint density at radius 3 is 2.78 bits per heavy atom. The Morgan fingerprint density at radius 2 is 2.06 bits per heavy atom. The fourth-order valence-corrected chi connectivity index (χ4v) is 2.83. The highest BCUT2D eigenvalue weighted by Crippen LogP contribution is 2.25. The molecule has 0 atom stereocenters. The maximum absolute atomic E-state index is 3.63. The Labute approximate surface area is 119 Å². The van der Waals surface area contributed by atoms with E-state index in [0.29, 0.717) is 0 Å². The molecule has 0 amide bonds. The van der Waals surface area contributed by atoms with E-state index in [9.17, 15) is 0 Å². The highest BCUT2D eigenvalue weighted by atomic mass is 79.9. The van der Waals surface area contributed by atoms with E-state index < -0.39 is 0 Å². The molecule has 1 N–H and O–H groups in total. The van der Waals surface area contributed by atoms with Crippen LogP contribution in [0.25, 0.3) is 0 Å². The van der Waals surface area contributed by atoms with Gasteiger partial charge in [-0.1, -0.05) is 22.0 Å². The quantitative estimate of drug-likeness (QED) is 0.850. The summed E-state index contributed by atoms with van der Waals surface area (Å²) in [6.07, 6.45) is 2.52. The molecule has 2 nitrogen and oxygen atoms in total. The van der Waals surface area contributed by atoms with Crippen molar-refractivity contribution in [1.29, 1.82) is 0 Å². The van der Waals surface area contributed by atoms with Crippen molar-refractivity contribution in [3.8, 4) is 0 Å². The van der Waals surface area contributed by atoms with E-state index in [-0.39, 0.29) is 5.54 Å². The minimum atomic E-state index is 0.178. The summed E-state index contributed by atoms with van der Waals surface area (Å²) in [7, 11) is 0. The lowest BCUT2D eigenvalue weighted by molar-refractivity contribution is 0.364. The Kier molecular flexibility index (Phi) is 4.33. The standard InChI is InChI=1S/C15H23BrN2/c1-12-6-7-13(10-14(12)16)18-9-5-4-8-17-15(2,3)11-18/h6-7,10,17H,4-5,8-9,11H2,1-3H3. The smallest absolute Gasteiger partial charge is 0.0378 e. The monoisotopic (exact) mass is 310 g/mol. The average molecular weight is 311 g/mol. The third kappa shape index (κ3) is 3.48. The van der Waals surface area contributed by atoms with Gasteiger partial charge in [-0.05, 0) is 57.9 Å². The van der Waals surface area contributed by atoms with E-state index in [0.717, 1.165) is 19.6 Å². The number of nitrogens with zero attached hydrogens (tertiary/aromatic N) is 1. The summed E-state index contributed by atoms with van der Waals surface area (Å²) in [5, 5.41) is 3.63. The van der Waals surface area contributed by atoms with Crippen molar-refractivity contribution in [2.24, 2.45) is 0 Å². The van der Waals surface area contributed by atoms with Gasteiger partial charge in [0.15, 0.2) is 0 Å². The van der Waals surface area contributed by atoms with Gasteiger partial charge in [0.1, 0.15) is 0 Å². The number of rotatable bonds is 1. The predicted molar refractivity (Wildman–Crippen MR) is 82.4 cm³/mol. The van der Waals surface area contributed by atoms with Crippen LogP contribution in [0.15, 0.2) is 22.7 Å². The van der Waals surface area contributed by atoms with Gasteiger partial charge in [-0.25, -0.2) is 0 Å². The largest absolute Gasteiger partial charge is 0.370 e. The summed E-state index contributed by atoms with van der Waals surface area (Å²) in [6, 6.07) is 6.67. The van der Waals surface area contributed by atoms with Crippen LogP contribution in [0.2, 0.25) is 0 Å². The molecule has 3 heteroatoms. The molecule has 1 fully saturated rings. The first-order valence-corrected chi connectivity index (χ1v) is 7.53. The summed E-state index contributed by atoms with van der Waals surface area (Å²) >= 11 is 3.63. The minimum Gasteiger partial charge on any atom is -0.370 e. The van der Waals surface area contributed by atoms with Gasteiger partial charge in [-0.2, -0.15) is 0 Å². The Balaban J connectivity index is 2.20. The molecule has 0 saturated carbocycles. The number of hydrogen-bond donors (Lipinski definition) is 1. The Morgan fingerprint density at radius 1 is 1.28 bits per heavy atom. The highest BCUT2D eigenvalue weighted by Gasteiger charge is 2.23. The van der Waals surface area contributed by atoms with Gasteiger partial charge in [0.2, 0.25) is 0 Å². The second-order valence-electron chi connectivity index (χ2n) is 5.87. The SMILES string of the molecule is Cc1ccc(N2CCCCNC(C)(C)C2)cc1Br. The lowest BCUT2D eigenvalue weighted by Crippen LogP contribution is -2.51. The minimum absolute atomic E-state index is 0.178. The molecule has 0 bridgehead atoms. The van der Waals surface area contributed by atoms with Crippen LogP contribution in [0, 0.1) is 6.92 Å². The molecule has 1 heterocycles. The molecule has 0 aromatic heterocycles. The topological polar surface area (TPSA) is 15.3 Å². The van der Waals surface area contributed by atoms with Crippen LogP contribution in [0.3, 0.4) is 0 Å². The highest BCUT2D eigenvalue weighted by molar-refractivity contribution is 9.10. The van der Waals surface area contributed by atoms with E-state index in [1.54, 1.807) is 0 Å². The van der Waals surface area contributed by atoms with Gasteiger partial charge in [0, 0.05) is 28.8 Å². The maximum atomic E-state index is 3.63. The first-order chi connectivity index (χ1) is 8.48. The number of benzene rings is 1. The number of hydrogen-bond acceptors (Lipinski definition) is 2. The normalized spacial score (nSPS) is 20.3. The second kappa shape index (κ2) is 5.62. The van der Waals surface area contributed by atoms with Crippen molar-refractivity contribution >= 4 is 21.6 Å². The third-order valence-electron chi connectivity index (χ3n) is 3.57. The van der Waals surface area contributed by atoms with Crippen molar-refractivity contribution in [3.63, 3.8) is 0 Å². The summed E-state index contributed by atoms with van der Waals surface area (Å²) in [5.41, 5.74) is 2.80. The van der Waals surface area contributed by atoms with Crippen LogP contribution < -0.4 is 10.2 Å². The average Bonchev–Trinajstić information content (AvgIpc) is 2.28. The van der Waals surface area contributed by atoms with Gasteiger partial charge >= 0.3 is 0 Å². The molecule has 0 radical (unpaired) electrons. The summed E-state index contributed by atoms with van der Waals surface area (Å²) < 4.78 is 1.20. The molecule has 1 aliphatic rings. The van der Waals surface area contributed by atoms with Gasteiger partial charge in [0.05, 0.1) is 0 Å². The van der Waals surface area contributed by atoms with Crippen molar-refractivity contribution < 1.29 is 0 Å². The van der Waals surface area contributed by atoms with Crippen LogP contribution in [0.1, 0.15) is 32.3 Å². The summed E-state index contributed by atoms with van der Waals surface area (Å²) in [4.78, 5) is 2.50. The fraction of sp³-hybridized carbons (Fsp3) is 0.600. The zero-order valence-electron chi connectivity index (χ0n) is 11.6. The third-order valence-corrected chi connectivity index (χ3v) is 4.42. The molecule has 0 unspecified atom stereocenters. The number of nitrogens with one attached hydrogen (secondary N) is 1. The van der Waals surface area contributed by atoms with Gasteiger partial charge < -0.3 is 10.2 Å². The molecule has 0 aliphatic carbocycles. The van der Waals surface area contributed by atoms with Crippen molar-refractivity contribution in [2.75, 3.05) is 24.5 Å². The van der Waals surface area contributed by atoms with Gasteiger partial charge in [0.25, 0.3) is 0 Å².